The number of phenols is 1. The molecule has 2 fully saturated rings. The van der Waals surface area contributed by atoms with Crippen LogP contribution >= 0.6 is 0 Å². The number of aromatic hydroxyl groups is 1. The molecule has 2 heterocycles. The number of fused-ring (bicyclic) bond motifs is 1. The molecule has 4 rings (SSSR count). The van der Waals surface area contributed by atoms with E-state index in [1.165, 1.54) is 5.56 Å². The second-order valence-electron chi connectivity index (χ2n) is 6.40. The maximum absolute atomic E-state index is 12.2. The third-order valence-corrected chi connectivity index (χ3v) is 4.85. The van der Waals surface area contributed by atoms with E-state index < -0.39 is 0 Å². The molecule has 0 amide bonds. The molecule has 0 aromatic heterocycles. The zero-order valence-electron chi connectivity index (χ0n) is 12.8. The molecule has 1 N–H and O–H groups in total. The van der Waals surface area contributed by atoms with Crippen LogP contribution < -0.4 is 0 Å². The Labute approximate surface area is 135 Å². The summed E-state index contributed by atoms with van der Waals surface area (Å²) in [7, 11) is 0. The Morgan fingerprint density at radius 3 is 2.52 bits per heavy atom. The summed E-state index contributed by atoms with van der Waals surface area (Å²) >= 11 is 0. The van der Waals surface area contributed by atoms with E-state index in [4.69, 9.17) is 4.74 Å². The predicted octanol–water partition coefficient (Wildman–Crippen LogP) is 2.74. The molecule has 0 bridgehead atoms. The molecule has 2 aromatic rings. The van der Waals surface area contributed by atoms with Crippen molar-refractivity contribution in [3.8, 4) is 5.75 Å². The number of cyclic esters (lactones) is 1. The quantitative estimate of drug-likeness (QED) is 0.886. The fourth-order valence-corrected chi connectivity index (χ4v) is 3.72. The zero-order valence-corrected chi connectivity index (χ0v) is 12.8. The van der Waals surface area contributed by atoms with E-state index in [1.807, 2.05) is 30.3 Å². The van der Waals surface area contributed by atoms with Crippen molar-refractivity contribution in [1.82, 2.24) is 4.90 Å². The fraction of sp³-hybridized carbons (Fsp3) is 0.316. The highest BCUT2D eigenvalue weighted by Crippen LogP contribution is 2.44. The smallest absolute Gasteiger partial charge is 0.311 e. The molecular formula is C19H19NO3. The van der Waals surface area contributed by atoms with Crippen molar-refractivity contribution in [1.29, 1.82) is 0 Å². The number of likely N-dealkylation sites (tertiary alicyclic amines) is 1. The van der Waals surface area contributed by atoms with E-state index in [0.717, 1.165) is 25.2 Å². The third kappa shape index (κ3) is 2.70. The number of hydrogen-bond acceptors (Lipinski definition) is 4. The van der Waals surface area contributed by atoms with Crippen LogP contribution in [0.25, 0.3) is 0 Å². The minimum absolute atomic E-state index is 0.0440. The van der Waals surface area contributed by atoms with Crippen LogP contribution in [0, 0.1) is 11.8 Å². The number of phenolic OH excluding ortho intramolecular Hbond substituents is 1. The van der Waals surface area contributed by atoms with Gasteiger partial charge in [-0.3, -0.25) is 9.69 Å². The van der Waals surface area contributed by atoms with Gasteiger partial charge in [0.15, 0.2) is 0 Å². The van der Waals surface area contributed by atoms with Crippen molar-refractivity contribution in [2.24, 2.45) is 11.8 Å². The summed E-state index contributed by atoms with van der Waals surface area (Å²) in [4.78, 5) is 14.5. The van der Waals surface area contributed by atoms with Crippen molar-refractivity contribution < 1.29 is 14.6 Å². The molecule has 3 atom stereocenters. The lowest BCUT2D eigenvalue weighted by atomic mass is 9.90. The first-order chi connectivity index (χ1) is 11.2. The first-order valence-electron chi connectivity index (χ1n) is 7.96. The third-order valence-electron chi connectivity index (χ3n) is 4.85. The van der Waals surface area contributed by atoms with E-state index >= 15 is 0 Å². The van der Waals surface area contributed by atoms with Crippen molar-refractivity contribution in [3.63, 3.8) is 0 Å². The first kappa shape index (κ1) is 14.3. The number of nitrogens with zero attached hydrogens (tertiary/aromatic N) is 1. The highest BCUT2D eigenvalue weighted by Gasteiger charge is 2.50. The van der Waals surface area contributed by atoms with Crippen LogP contribution in [0.5, 0.6) is 5.75 Å². The Kier molecular flexibility index (Phi) is 3.54. The zero-order chi connectivity index (χ0) is 15.8. The standard InChI is InChI=1S/C19H19NO3/c21-15-8-6-14(7-9-15)18-16-11-20(12-17(16)19(22)23-18)10-13-4-2-1-3-5-13/h1-9,16-18,21H,10-12H2/t16-,17+,18+/m0/s1. The molecule has 2 saturated heterocycles. The first-order valence-corrected chi connectivity index (χ1v) is 7.96. The van der Waals surface area contributed by atoms with Gasteiger partial charge in [-0.25, -0.2) is 0 Å². The van der Waals surface area contributed by atoms with Crippen molar-refractivity contribution in [2.75, 3.05) is 13.1 Å². The molecule has 23 heavy (non-hydrogen) atoms. The average molecular weight is 309 g/mol. The second-order valence-corrected chi connectivity index (χ2v) is 6.40. The van der Waals surface area contributed by atoms with Crippen LogP contribution in [0.15, 0.2) is 54.6 Å². The molecule has 0 saturated carbocycles. The SMILES string of the molecule is O=C1O[C@H](c2ccc(O)cc2)[C@H]2CN(Cc3ccccc3)C[C@@H]12. The lowest BCUT2D eigenvalue weighted by Crippen LogP contribution is -2.24. The van der Waals surface area contributed by atoms with Crippen molar-refractivity contribution in [3.05, 3.63) is 65.7 Å². The van der Waals surface area contributed by atoms with E-state index in [-0.39, 0.29) is 29.7 Å². The van der Waals surface area contributed by atoms with Crippen molar-refractivity contribution >= 4 is 5.97 Å². The Balaban J connectivity index is 1.51. The van der Waals surface area contributed by atoms with Gasteiger partial charge in [-0.1, -0.05) is 42.5 Å². The van der Waals surface area contributed by atoms with Gasteiger partial charge in [0, 0.05) is 25.6 Å². The molecule has 0 unspecified atom stereocenters. The van der Waals surface area contributed by atoms with Gasteiger partial charge in [0.25, 0.3) is 0 Å². The normalized spacial score (nSPS) is 27.0. The Morgan fingerprint density at radius 2 is 1.78 bits per heavy atom. The number of ether oxygens (including phenoxy) is 1. The van der Waals surface area contributed by atoms with Gasteiger partial charge in [0.1, 0.15) is 11.9 Å². The Hall–Kier alpha value is -2.33. The number of carbonyl (C=O) groups is 1. The topological polar surface area (TPSA) is 49.8 Å². The van der Waals surface area contributed by atoms with Gasteiger partial charge in [-0.15, -0.1) is 0 Å². The average Bonchev–Trinajstić information content (AvgIpc) is 3.10. The molecule has 0 spiro atoms. The molecule has 0 radical (unpaired) electrons. The molecular weight excluding hydrogens is 290 g/mol. The second kappa shape index (κ2) is 5.70. The number of rotatable bonds is 3. The van der Waals surface area contributed by atoms with Gasteiger partial charge in [-0.2, -0.15) is 0 Å². The number of carbonyl (C=O) groups excluding carboxylic acids is 1. The van der Waals surface area contributed by atoms with E-state index in [1.54, 1.807) is 12.1 Å². The van der Waals surface area contributed by atoms with Crippen LogP contribution in [-0.4, -0.2) is 29.1 Å². The number of hydrogen-bond donors (Lipinski definition) is 1. The lowest BCUT2D eigenvalue weighted by molar-refractivity contribution is -0.145. The molecule has 2 aliphatic heterocycles. The van der Waals surface area contributed by atoms with Gasteiger partial charge < -0.3 is 9.84 Å². The van der Waals surface area contributed by atoms with Gasteiger partial charge >= 0.3 is 5.97 Å². The molecule has 4 nitrogen and oxygen atoms in total. The molecule has 0 aliphatic carbocycles. The summed E-state index contributed by atoms with van der Waals surface area (Å²) in [5.74, 6) is 0.281. The minimum atomic E-state index is -0.200. The van der Waals surface area contributed by atoms with Crippen LogP contribution in [-0.2, 0) is 16.1 Å². The van der Waals surface area contributed by atoms with Crippen LogP contribution in [0.2, 0.25) is 0 Å². The summed E-state index contributed by atoms with van der Waals surface area (Å²) in [5.41, 5.74) is 2.23. The summed E-state index contributed by atoms with van der Waals surface area (Å²) in [6.07, 6.45) is -0.200. The summed E-state index contributed by atoms with van der Waals surface area (Å²) < 4.78 is 5.61. The largest absolute Gasteiger partial charge is 0.508 e. The maximum atomic E-state index is 12.2. The van der Waals surface area contributed by atoms with Gasteiger partial charge in [0.05, 0.1) is 5.92 Å². The Bertz CT molecular complexity index is 698. The van der Waals surface area contributed by atoms with Crippen molar-refractivity contribution in [2.45, 2.75) is 12.6 Å². The summed E-state index contributed by atoms with van der Waals surface area (Å²) in [5, 5.41) is 9.43. The van der Waals surface area contributed by atoms with Crippen LogP contribution in [0.3, 0.4) is 0 Å². The van der Waals surface area contributed by atoms with Crippen LogP contribution in [0.1, 0.15) is 17.2 Å². The maximum Gasteiger partial charge on any atom is 0.311 e. The van der Waals surface area contributed by atoms with E-state index in [0.29, 0.717) is 0 Å². The predicted molar refractivity (Wildman–Crippen MR) is 85.6 cm³/mol. The monoisotopic (exact) mass is 309 g/mol. The molecule has 118 valence electrons. The lowest BCUT2D eigenvalue weighted by Gasteiger charge is -2.20. The molecule has 2 aliphatic rings. The highest BCUT2D eigenvalue weighted by atomic mass is 16.6. The van der Waals surface area contributed by atoms with Gasteiger partial charge in [0.2, 0.25) is 0 Å². The van der Waals surface area contributed by atoms with Crippen LogP contribution in [0.4, 0.5) is 0 Å². The minimum Gasteiger partial charge on any atom is -0.508 e. The van der Waals surface area contributed by atoms with E-state index in [2.05, 4.69) is 17.0 Å². The van der Waals surface area contributed by atoms with Gasteiger partial charge in [-0.05, 0) is 23.3 Å². The Morgan fingerprint density at radius 1 is 1.04 bits per heavy atom. The molecule has 2 aromatic carbocycles. The number of esters is 1. The summed E-state index contributed by atoms with van der Waals surface area (Å²) in [6.45, 7) is 2.48. The summed E-state index contributed by atoms with van der Waals surface area (Å²) in [6, 6.07) is 17.3. The fourth-order valence-electron chi connectivity index (χ4n) is 3.72. The molecule has 4 heteroatoms. The van der Waals surface area contributed by atoms with E-state index in [9.17, 15) is 9.90 Å². The highest BCUT2D eigenvalue weighted by molar-refractivity contribution is 5.76. The number of benzene rings is 2.